The Morgan fingerprint density at radius 3 is 2.42 bits per heavy atom. The summed E-state index contributed by atoms with van der Waals surface area (Å²) >= 11 is 0. The molecule has 0 aromatic heterocycles. The zero-order valence-corrected chi connectivity index (χ0v) is 18.1. The Morgan fingerprint density at radius 2 is 1.90 bits per heavy atom. The summed E-state index contributed by atoms with van der Waals surface area (Å²) in [4.78, 5) is 40.6. The van der Waals surface area contributed by atoms with Crippen LogP contribution in [-0.2, 0) is 31.6 Å². The molecule has 0 aromatic rings. The number of ether oxygens (including phenoxy) is 1. The number of amidine groups is 1. The molecule has 2 heterocycles. The van der Waals surface area contributed by atoms with Crippen LogP contribution in [0.3, 0.4) is 0 Å². The molecule has 2 aliphatic heterocycles. The monoisotopic (exact) mass is 509 g/mol. The highest BCUT2D eigenvalue weighted by Gasteiger charge is 2.57. The summed E-state index contributed by atoms with van der Waals surface area (Å²) in [6.07, 6.45) is -2.33. The van der Waals surface area contributed by atoms with Crippen LogP contribution in [-0.4, -0.2) is 66.1 Å². The number of hydrogen-bond acceptors (Lipinski definition) is 11. The second kappa shape index (κ2) is 8.94. The summed E-state index contributed by atoms with van der Waals surface area (Å²) in [5.41, 5.74) is 3.32. The Bertz CT molecular complexity index is 952. The molecule has 7 N–H and O–H groups in total. The van der Waals surface area contributed by atoms with E-state index in [1.807, 2.05) is 0 Å². The number of phosphoric ester groups is 1. The van der Waals surface area contributed by atoms with E-state index in [9.17, 15) is 28.1 Å². The molecular formula is C12H19FN3O12P3. The Hall–Kier alpha value is -1.25. The van der Waals surface area contributed by atoms with E-state index in [-0.39, 0.29) is 11.7 Å². The Kier molecular flexibility index (Phi) is 7.50. The van der Waals surface area contributed by atoms with Gasteiger partial charge in [0.2, 0.25) is 0 Å². The third-order valence-corrected chi connectivity index (χ3v) is 7.65. The van der Waals surface area contributed by atoms with Gasteiger partial charge in [-0.25, -0.2) is 23.1 Å². The fraction of sp³-hybridized carbons (Fsp3) is 0.417. The summed E-state index contributed by atoms with van der Waals surface area (Å²) in [7, 11) is -16.9. The van der Waals surface area contributed by atoms with E-state index in [4.69, 9.17) is 25.2 Å². The first-order chi connectivity index (χ1) is 14.0. The van der Waals surface area contributed by atoms with Crippen molar-refractivity contribution in [3.8, 4) is 0 Å². The number of nitrogens with zero attached hydrogens (tertiary/aromatic N) is 2. The molecule has 0 spiro atoms. The standard InChI is InChI=1S/C12H19FN3O12P3/c1-3-12(6-25-30(21,22)28-31(23,24)27-29(18,19)20)10(17)9(13)11(26-12)16-5-4-8(14)15-7(16)2/h3-5,9-11,17H,1-2,6H2,(H2,14,15)(H,21,22)(H,23,24)(H2,18,19,20)/t9-,10+,11-,12-/m1/s1. The number of halogens is 1. The van der Waals surface area contributed by atoms with Crippen LogP contribution < -0.4 is 5.73 Å². The van der Waals surface area contributed by atoms with Crippen LogP contribution in [0, 0.1) is 0 Å². The molecule has 0 bridgehead atoms. The zero-order chi connectivity index (χ0) is 23.8. The average molecular weight is 509 g/mol. The second-order valence-electron chi connectivity index (χ2n) is 6.10. The molecule has 2 rings (SSSR count). The van der Waals surface area contributed by atoms with Crippen molar-refractivity contribution in [3.63, 3.8) is 0 Å². The number of aliphatic imine (C=N–C) groups is 1. The topological polar surface area (TPSA) is 231 Å². The molecule has 31 heavy (non-hydrogen) atoms. The molecule has 0 amide bonds. The molecule has 0 radical (unpaired) electrons. The molecule has 1 saturated heterocycles. The fourth-order valence-corrected chi connectivity index (χ4v) is 5.61. The lowest BCUT2D eigenvalue weighted by Gasteiger charge is -2.32. The third kappa shape index (κ3) is 6.39. The summed E-state index contributed by atoms with van der Waals surface area (Å²) in [6, 6.07) is 0. The van der Waals surface area contributed by atoms with Gasteiger partial charge < -0.3 is 40.1 Å². The van der Waals surface area contributed by atoms with Crippen LogP contribution in [0.1, 0.15) is 0 Å². The summed E-state index contributed by atoms with van der Waals surface area (Å²) in [5.74, 6) is 0.0189. The number of aliphatic hydroxyl groups is 1. The minimum absolute atomic E-state index is 0.0485. The van der Waals surface area contributed by atoms with Gasteiger partial charge in [0.05, 0.1) is 6.61 Å². The van der Waals surface area contributed by atoms with Gasteiger partial charge in [-0.2, -0.15) is 8.62 Å². The Balaban J connectivity index is 2.15. The molecule has 0 saturated carbocycles. The van der Waals surface area contributed by atoms with Crippen LogP contribution in [0.15, 0.2) is 42.3 Å². The van der Waals surface area contributed by atoms with Crippen molar-refractivity contribution < 1.29 is 60.6 Å². The van der Waals surface area contributed by atoms with Crippen LogP contribution in [0.2, 0.25) is 0 Å². The molecule has 0 aliphatic carbocycles. The van der Waals surface area contributed by atoms with Gasteiger partial charge in [0.1, 0.15) is 23.4 Å². The van der Waals surface area contributed by atoms with E-state index in [1.165, 1.54) is 12.3 Å². The minimum atomic E-state index is -5.76. The number of nitrogens with two attached hydrogens (primary N) is 1. The van der Waals surface area contributed by atoms with Gasteiger partial charge in [0.15, 0.2) is 12.4 Å². The predicted octanol–water partition coefficient (Wildman–Crippen LogP) is -0.0325. The lowest BCUT2D eigenvalue weighted by Crippen LogP contribution is -2.44. The summed E-state index contributed by atoms with van der Waals surface area (Å²) in [6.45, 7) is 5.77. The maximum absolute atomic E-state index is 14.8. The smallest absolute Gasteiger partial charge is 0.386 e. The van der Waals surface area contributed by atoms with E-state index >= 15 is 0 Å². The number of phosphoric acid groups is 3. The van der Waals surface area contributed by atoms with Gasteiger partial charge in [0, 0.05) is 6.20 Å². The van der Waals surface area contributed by atoms with Gasteiger partial charge in [-0.15, -0.1) is 6.58 Å². The number of hydrogen-bond donors (Lipinski definition) is 6. The lowest BCUT2D eigenvalue weighted by molar-refractivity contribution is -0.104. The normalized spacial score (nSPS) is 33.0. The fourth-order valence-electron chi connectivity index (χ4n) is 2.55. The Labute approximate surface area is 174 Å². The summed E-state index contributed by atoms with van der Waals surface area (Å²) in [5, 5.41) is 10.3. The van der Waals surface area contributed by atoms with Gasteiger partial charge in [-0.3, -0.25) is 4.52 Å². The van der Waals surface area contributed by atoms with E-state index in [0.29, 0.717) is 0 Å². The lowest BCUT2D eigenvalue weighted by atomic mass is 9.97. The van der Waals surface area contributed by atoms with E-state index in [2.05, 4.69) is 31.3 Å². The molecule has 1 fully saturated rings. The maximum Gasteiger partial charge on any atom is 0.490 e. The number of aliphatic hydroxyl groups excluding tert-OH is 1. The van der Waals surface area contributed by atoms with Crippen molar-refractivity contribution >= 4 is 29.3 Å². The van der Waals surface area contributed by atoms with Crippen LogP contribution in [0.5, 0.6) is 0 Å². The molecule has 2 aliphatic rings. The quantitative estimate of drug-likeness (QED) is 0.177. The molecule has 176 valence electrons. The molecule has 15 nitrogen and oxygen atoms in total. The molecule has 19 heteroatoms. The van der Waals surface area contributed by atoms with Crippen molar-refractivity contribution in [1.82, 2.24) is 4.90 Å². The van der Waals surface area contributed by atoms with Crippen molar-refractivity contribution in [2.24, 2.45) is 10.7 Å². The number of rotatable bonds is 9. The maximum atomic E-state index is 14.8. The molecular weight excluding hydrogens is 490 g/mol. The van der Waals surface area contributed by atoms with Crippen molar-refractivity contribution in [3.05, 3.63) is 37.3 Å². The third-order valence-electron chi connectivity index (χ3n) is 3.87. The van der Waals surface area contributed by atoms with E-state index in [0.717, 1.165) is 11.0 Å². The highest BCUT2D eigenvalue weighted by molar-refractivity contribution is 7.66. The van der Waals surface area contributed by atoms with Gasteiger partial charge in [-0.1, -0.05) is 12.7 Å². The first kappa shape index (κ1) is 26.0. The zero-order valence-electron chi connectivity index (χ0n) is 15.4. The minimum Gasteiger partial charge on any atom is -0.386 e. The first-order valence-electron chi connectivity index (χ1n) is 7.92. The van der Waals surface area contributed by atoms with E-state index in [1.54, 1.807) is 0 Å². The van der Waals surface area contributed by atoms with Crippen molar-refractivity contribution in [2.75, 3.05) is 6.61 Å². The molecule has 2 unspecified atom stereocenters. The molecule has 0 aromatic carbocycles. The van der Waals surface area contributed by atoms with Gasteiger partial charge in [0.25, 0.3) is 0 Å². The highest BCUT2D eigenvalue weighted by atomic mass is 31.3. The van der Waals surface area contributed by atoms with Crippen molar-refractivity contribution in [2.45, 2.75) is 24.1 Å². The Morgan fingerprint density at radius 1 is 1.29 bits per heavy atom. The van der Waals surface area contributed by atoms with Crippen LogP contribution in [0.25, 0.3) is 0 Å². The van der Waals surface area contributed by atoms with Gasteiger partial charge in [-0.05, 0) is 6.08 Å². The first-order valence-corrected chi connectivity index (χ1v) is 12.4. The average Bonchev–Trinajstić information content (AvgIpc) is 2.82. The molecule has 6 atom stereocenters. The summed E-state index contributed by atoms with van der Waals surface area (Å²) < 4.78 is 65.7. The largest absolute Gasteiger partial charge is 0.490 e. The highest BCUT2D eigenvalue weighted by Crippen LogP contribution is 2.66. The number of alkyl halides is 1. The second-order valence-corrected chi connectivity index (χ2v) is 10.5. The van der Waals surface area contributed by atoms with Gasteiger partial charge >= 0.3 is 23.5 Å². The SMILES string of the molecule is C=C[C@]1(COP(=O)(O)OP(=O)(O)OP(=O)(O)O)O[C@@H](N2C=CC(N)=NC2=C)[C@H](F)[C@@H]1O. The van der Waals surface area contributed by atoms with E-state index < -0.39 is 54.2 Å². The predicted molar refractivity (Wildman–Crippen MR) is 100 cm³/mol. The van der Waals surface area contributed by atoms with Crippen LogP contribution >= 0.6 is 23.5 Å². The van der Waals surface area contributed by atoms with Crippen molar-refractivity contribution in [1.29, 1.82) is 0 Å². The van der Waals surface area contributed by atoms with Crippen LogP contribution in [0.4, 0.5) is 4.39 Å².